The molecule has 120 valence electrons. The van der Waals surface area contributed by atoms with Gasteiger partial charge < -0.3 is 10.1 Å². The number of hydrogen-bond acceptors (Lipinski definition) is 4. The van der Waals surface area contributed by atoms with E-state index in [0.717, 1.165) is 0 Å². The number of benzene rings is 2. The lowest BCUT2D eigenvalue weighted by Crippen LogP contribution is -2.12. The number of ether oxygens (including phenoxy) is 1. The van der Waals surface area contributed by atoms with E-state index in [1.807, 2.05) is 6.07 Å². The van der Waals surface area contributed by atoms with Gasteiger partial charge in [0.25, 0.3) is 5.91 Å². The molecule has 5 nitrogen and oxygen atoms in total. The summed E-state index contributed by atoms with van der Waals surface area (Å²) in [7, 11) is 0. The molecule has 0 saturated carbocycles. The molecule has 0 aliphatic rings. The van der Waals surface area contributed by atoms with Crippen LogP contribution in [0.2, 0.25) is 5.02 Å². The van der Waals surface area contributed by atoms with Crippen molar-refractivity contribution in [3.63, 3.8) is 0 Å². The molecule has 2 aromatic rings. The third kappa shape index (κ3) is 4.22. The van der Waals surface area contributed by atoms with Crippen LogP contribution in [0, 0.1) is 11.3 Å². The number of nitriles is 1. The fourth-order valence-electron chi connectivity index (χ4n) is 1.85. The molecule has 0 radical (unpaired) electrons. The van der Waals surface area contributed by atoms with Crippen LogP contribution in [0.15, 0.2) is 55.1 Å². The summed E-state index contributed by atoms with van der Waals surface area (Å²) in [6, 6.07) is 12.6. The summed E-state index contributed by atoms with van der Waals surface area (Å²) in [5.41, 5.74) is 1.50. The second kappa shape index (κ2) is 7.95. The van der Waals surface area contributed by atoms with Gasteiger partial charge in [0.15, 0.2) is 0 Å². The standard InChI is InChI=1S/C18H13ClN2O3/c1-2-9-24-18(23)14-7-8-16(15(19)10-14)21-17(22)13-5-3-12(11-20)4-6-13/h2-8,10H,1,9H2,(H,21,22). The van der Waals surface area contributed by atoms with Crippen molar-refractivity contribution in [2.45, 2.75) is 0 Å². The fraction of sp³-hybridized carbons (Fsp3) is 0.0556. The number of carbonyl (C=O) groups is 2. The number of nitrogens with one attached hydrogen (secondary N) is 1. The fourth-order valence-corrected chi connectivity index (χ4v) is 2.08. The smallest absolute Gasteiger partial charge is 0.338 e. The highest BCUT2D eigenvalue weighted by Gasteiger charge is 2.12. The lowest BCUT2D eigenvalue weighted by atomic mass is 10.1. The predicted octanol–water partition coefficient (Wildman–Crippen LogP) is 3.81. The molecule has 0 aliphatic carbocycles. The van der Waals surface area contributed by atoms with Crippen LogP contribution in [0.4, 0.5) is 5.69 Å². The van der Waals surface area contributed by atoms with Gasteiger partial charge in [-0.1, -0.05) is 24.3 Å². The molecule has 0 saturated heterocycles. The maximum Gasteiger partial charge on any atom is 0.338 e. The van der Waals surface area contributed by atoms with Crippen LogP contribution in [-0.2, 0) is 4.74 Å². The average Bonchev–Trinajstić information content (AvgIpc) is 2.61. The van der Waals surface area contributed by atoms with Crippen LogP contribution < -0.4 is 5.32 Å². The zero-order valence-corrected chi connectivity index (χ0v) is 13.3. The van der Waals surface area contributed by atoms with Gasteiger partial charge in [-0.15, -0.1) is 0 Å². The summed E-state index contributed by atoms with van der Waals surface area (Å²) < 4.78 is 4.92. The third-order valence-corrected chi connectivity index (χ3v) is 3.37. The minimum atomic E-state index is -0.526. The van der Waals surface area contributed by atoms with Crippen molar-refractivity contribution in [2.24, 2.45) is 0 Å². The lowest BCUT2D eigenvalue weighted by molar-refractivity contribution is 0.0549. The Morgan fingerprint density at radius 3 is 2.46 bits per heavy atom. The number of carbonyl (C=O) groups excluding carboxylic acids is 2. The zero-order chi connectivity index (χ0) is 17.5. The van der Waals surface area contributed by atoms with Crippen molar-refractivity contribution in [3.8, 4) is 6.07 Å². The molecule has 0 aromatic heterocycles. The van der Waals surface area contributed by atoms with Gasteiger partial charge in [0, 0.05) is 5.56 Å². The summed E-state index contributed by atoms with van der Waals surface area (Å²) in [5, 5.41) is 11.6. The summed E-state index contributed by atoms with van der Waals surface area (Å²) in [5.74, 6) is -0.898. The Hall–Kier alpha value is -3.10. The van der Waals surface area contributed by atoms with E-state index in [2.05, 4.69) is 11.9 Å². The van der Waals surface area contributed by atoms with Crippen LogP contribution in [0.25, 0.3) is 0 Å². The van der Waals surface area contributed by atoms with E-state index in [9.17, 15) is 9.59 Å². The SMILES string of the molecule is C=CCOC(=O)c1ccc(NC(=O)c2ccc(C#N)cc2)c(Cl)c1. The molecular weight excluding hydrogens is 328 g/mol. The number of rotatable bonds is 5. The molecule has 0 aliphatic heterocycles. The molecular formula is C18H13ClN2O3. The monoisotopic (exact) mass is 340 g/mol. The molecule has 2 aromatic carbocycles. The van der Waals surface area contributed by atoms with Crippen LogP contribution >= 0.6 is 11.6 Å². The highest BCUT2D eigenvalue weighted by Crippen LogP contribution is 2.24. The Morgan fingerprint density at radius 2 is 1.88 bits per heavy atom. The number of amides is 1. The molecule has 0 bridgehead atoms. The van der Waals surface area contributed by atoms with E-state index < -0.39 is 5.97 Å². The molecule has 0 atom stereocenters. The first kappa shape index (κ1) is 17.3. The Kier molecular flexibility index (Phi) is 5.72. The first-order chi connectivity index (χ1) is 11.5. The summed E-state index contributed by atoms with van der Waals surface area (Å²) >= 11 is 6.10. The summed E-state index contributed by atoms with van der Waals surface area (Å²) in [6.07, 6.45) is 1.46. The maximum atomic E-state index is 12.2. The van der Waals surface area contributed by atoms with Crippen molar-refractivity contribution < 1.29 is 14.3 Å². The largest absolute Gasteiger partial charge is 0.458 e. The highest BCUT2D eigenvalue weighted by atomic mass is 35.5. The Bertz CT molecular complexity index is 823. The Labute approximate surface area is 144 Å². The van der Waals surface area contributed by atoms with Gasteiger partial charge in [0.05, 0.1) is 27.9 Å². The first-order valence-electron chi connectivity index (χ1n) is 6.94. The van der Waals surface area contributed by atoms with Gasteiger partial charge in [-0.2, -0.15) is 5.26 Å². The van der Waals surface area contributed by atoms with Gasteiger partial charge in [0.1, 0.15) is 6.61 Å². The number of anilines is 1. The second-order valence-electron chi connectivity index (χ2n) is 4.73. The molecule has 1 N–H and O–H groups in total. The van der Waals surface area contributed by atoms with Gasteiger partial charge in [-0.05, 0) is 42.5 Å². The molecule has 0 fully saturated rings. The number of halogens is 1. The molecule has 0 unspecified atom stereocenters. The minimum absolute atomic E-state index is 0.105. The van der Waals surface area contributed by atoms with Crippen molar-refractivity contribution >= 4 is 29.2 Å². The first-order valence-corrected chi connectivity index (χ1v) is 7.32. The lowest BCUT2D eigenvalue weighted by Gasteiger charge is -2.09. The van der Waals surface area contributed by atoms with Crippen LogP contribution in [-0.4, -0.2) is 18.5 Å². The summed E-state index contributed by atoms with van der Waals surface area (Å²) in [4.78, 5) is 23.9. The number of nitrogens with zero attached hydrogens (tertiary/aromatic N) is 1. The molecule has 0 spiro atoms. The minimum Gasteiger partial charge on any atom is -0.458 e. The van der Waals surface area contributed by atoms with Crippen LogP contribution in [0.1, 0.15) is 26.3 Å². The second-order valence-corrected chi connectivity index (χ2v) is 5.13. The number of esters is 1. The van der Waals surface area contributed by atoms with Crippen molar-refractivity contribution in [1.82, 2.24) is 0 Å². The van der Waals surface area contributed by atoms with Gasteiger partial charge in [-0.3, -0.25) is 4.79 Å². The highest BCUT2D eigenvalue weighted by molar-refractivity contribution is 6.34. The maximum absolute atomic E-state index is 12.2. The zero-order valence-electron chi connectivity index (χ0n) is 12.6. The van der Waals surface area contributed by atoms with Crippen molar-refractivity contribution in [1.29, 1.82) is 5.26 Å². The third-order valence-electron chi connectivity index (χ3n) is 3.06. The van der Waals surface area contributed by atoms with Crippen LogP contribution in [0.3, 0.4) is 0 Å². The van der Waals surface area contributed by atoms with E-state index in [4.69, 9.17) is 21.6 Å². The average molecular weight is 341 g/mol. The van der Waals surface area contributed by atoms with Gasteiger partial charge >= 0.3 is 5.97 Å². The van der Waals surface area contributed by atoms with Crippen molar-refractivity contribution in [2.75, 3.05) is 11.9 Å². The number of hydrogen-bond donors (Lipinski definition) is 1. The molecule has 1 amide bonds. The Morgan fingerprint density at radius 1 is 1.21 bits per heavy atom. The van der Waals surface area contributed by atoms with Crippen LogP contribution in [0.5, 0.6) is 0 Å². The Balaban J connectivity index is 2.12. The van der Waals surface area contributed by atoms with Gasteiger partial charge in [0.2, 0.25) is 0 Å². The topological polar surface area (TPSA) is 79.2 Å². The molecule has 6 heteroatoms. The van der Waals surface area contributed by atoms with Gasteiger partial charge in [-0.25, -0.2) is 4.79 Å². The van der Waals surface area contributed by atoms with Crippen molar-refractivity contribution in [3.05, 3.63) is 76.8 Å². The normalized spacial score (nSPS) is 9.67. The predicted molar refractivity (Wildman–Crippen MR) is 91.0 cm³/mol. The molecule has 2 rings (SSSR count). The van der Waals surface area contributed by atoms with E-state index >= 15 is 0 Å². The molecule has 24 heavy (non-hydrogen) atoms. The summed E-state index contributed by atoms with van der Waals surface area (Å²) in [6.45, 7) is 3.57. The van der Waals surface area contributed by atoms with E-state index in [1.165, 1.54) is 24.3 Å². The van der Waals surface area contributed by atoms with E-state index in [0.29, 0.717) is 16.8 Å². The quantitative estimate of drug-likeness (QED) is 0.663. The van der Waals surface area contributed by atoms with E-state index in [-0.39, 0.29) is 23.1 Å². The molecule has 0 heterocycles. The van der Waals surface area contributed by atoms with E-state index in [1.54, 1.807) is 24.3 Å².